The van der Waals surface area contributed by atoms with Gasteiger partial charge in [-0.1, -0.05) is 24.3 Å². The highest BCUT2D eigenvalue weighted by atomic mass is 127. The zero-order valence-electron chi connectivity index (χ0n) is 7.63. The average Bonchev–Trinajstić information content (AvgIpc) is 2.21. The second kappa shape index (κ2) is 4.79. The van der Waals surface area contributed by atoms with Crippen molar-refractivity contribution in [1.29, 1.82) is 0 Å². The Balaban J connectivity index is 2.28. The lowest BCUT2D eigenvalue weighted by Gasteiger charge is -2.11. The summed E-state index contributed by atoms with van der Waals surface area (Å²) in [6.07, 6.45) is 6.83. The lowest BCUT2D eigenvalue weighted by Crippen LogP contribution is -1.89. The molecule has 0 radical (unpaired) electrons. The summed E-state index contributed by atoms with van der Waals surface area (Å²) in [4.78, 5) is 0. The van der Waals surface area contributed by atoms with Crippen LogP contribution in [0.3, 0.4) is 0 Å². The van der Waals surface area contributed by atoms with Crippen LogP contribution in [0.1, 0.15) is 18.4 Å². The van der Waals surface area contributed by atoms with E-state index in [2.05, 4.69) is 81.6 Å². The van der Waals surface area contributed by atoms with Crippen LogP contribution in [-0.2, 0) is 0 Å². The van der Waals surface area contributed by atoms with E-state index in [1.165, 1.54) is 31.1 Å². The largest absolute Gasteiger partial charge is 0.0577 e. The van der Waals surface area contributed by atoms with E-state index >= 15 is 0 Å². The van der Waals surface area contributed by atoms with Crippen molar-refractivity contribution in [1.82, 2.24) is 0 Å². The van der Waals surface area contributed by atoms with Crippen LogP contribution in [-0.4, -0.2) is 0 Å². The fraction of sp³-hybridized carbons (Fsp3) is 0.167. The van der Waals surface area contributed by atoms with Gasteiger partial charge in [0.1, 0.15) is 0 Å². The predicted molar refractivity (Wildman–Crippen MR) is 78.5 cm³/mol. The molecule has 1 aliphatic rings. The normalized spacial score (nSPS) is 16.1. The van der Waals surface area contributed by atoms with Gasteiger partial charge in [0.2, 0.25) is 0 Å². The van der Waals surface area contributed by atoms with Crippen molar-refractivity contribution in [2.24, 2.45) is 0 Å². The summed E-state index contributed by atoms with van der Waals surface area (Å²) >= 11 is 4.74. The van der Waals surface area contributed by atoms with Gasteiger partial charge in [0.05, 0.1) is 0 Å². The molecule has 2 rings (SSSR count). The summed E-state index contributed by atoms with van der Waals surface area (Å²) in [6.45, 7) is 0. The zero-order valence-corrected chi connectivity index (χ0v) is 11.9. The van der Waals surface area contributed by atoms with Crippen LogP contribution in [0.15, 0.2) is 40.0 Å². The SMILES string of the molecule is IC1=CC=C(c2ccc(I)cc2)CC1. The molecule has 0 fully saturated rings. The third kappa shape index (κ3) is 2.59. The Kier molecular flexibility index (Phi) is 3.65. The maximum absolute atomic E-state index is 2.41. The Labute approximate surface area is 112 Å². The Morgan fingerprint density at radius 3 is 2.14 bits per heavy atom. The van der Waals surface area contributed by atoms with Gasteiger partial charge >= 0.3 is 0 Å². The number of rotatable bonds is 1. The van der Waals surface area contributed by atoms with Crippen LogP contribution in [0.5, 0.6) is 0 Å². The standard InChI is InChI=1S/C12H10I2/c13-11-5-1-9(2-6-11)10-3-7-12(14)8-4-10/h1-3,5-7H,4,8H2. The Morgan fingerprint density at radius 2 is 1.57 bits per heavy atom. The zero-order chi connectivity index (χ0) is 9.97. The average molecular weight is 408 g/mol. The van der Waals surface area contributed by atoms with Crippen molar-refractivity contribution in [2.75, 3.05) is 0 Å². The van der Waals surface area contributed by atoms with E-state index in [0.717, 1.165) is 0 Å². The third-order valence-corrected chi connectivity index (χ3v) is 3.93. The smallest absolute Gasteiger partial charge is 0.0130 e. The van der Waals surface area contributed by atoms with E-state index in [1.807, 2.05) is 0 Å². The van der Waals surface area contributed by atoms with Gasteiger partial charge in [-0.3, -0.25) is 0 Å². The monoisotopic (exact) mass is 408 g/mol. The van der Waals surface area contributed by atoms with Crippen LogP contribution in [0.25, 0.3) is 5.57 Å². The molecule has 72 valence electrons. The van der Waals surface area contributed by atoms with E-state index in [1.54, 1.807) is 0 Å². The summed E-state index contributed by atoms with van der Waals surface area (Å²) in [7, 11) is 0. The maximum atomic E-state index is 2.41. The van der Waals surface area contributed by atoms with Gasteiger partial charge in [0.15, 0.2) is 0 Å². The molecule has 0 unspecified atom stereocenters. The van der Waals surface area contributed by atoms with Crippen LogP contribution in [0, 0.1) is 3.57 Å². The molecule has 0 nitrogen and oxygen atoms in total. The first-order valence-corrected chi connectivity index (χ1v) is 6.72. The summed E-state index contributed by atoms with van der Waals surface area (Å²) in [5.74, 6) is 0. The highest BCUT2D eigenvalue weighted by Gasteiger charge is 2.05. The van der Waals surface area contributed by atoms with E-state index in [4.69, 9.17) is 0 Å². The van der Waals surface area contributed by atoms with E-state index < -0.39 is 0 Å². The third-order valence-electron chi connectivity index (χ3n) is 2.31. The second-order valence-corrected chi connectivity index (χ2v) is 5.94. The fourth-order valence-electron chi connectivity index (χ4n) is 1.52. The minimum atomic E-state index is 1.18. The topological polar surface area (TPSA) is 0 Å². The molecule has 1 aromatic carbocycles. The molecule has 0 amide bonds. The molecular formula is C12H10I2. The summed E-state index contributed by atoms with van der Waals surface area (Å²) < 4.78 is 2.75. The molecular weight excluding hydrogens is 398 g/mol. The van der Waals surface area contributed by atoms with Crippen molar-refractivity contribution < 1.29 is 0 Å². The highest BCUT2D eigenvalue weighted by molar-refractivity contribution is 14.1. The molecule has 0 heterocycles. The molecule has 0 spiro atoms. The van der Waals surface area contributed by atoms with Gasteiger partial charge in [-0.05, 0) is 84.9 Å². The Hall–Kier alpha value is 0.160. The molecule has 1 aliphatic carbocycles. The van der Waals surface area contributed by atoms with E-state index in [9.17, 15) is 0 Å². The Morgan fingerprint density at radius 1 is 0.857 bits per heavy atom. The van der Waals surface area contributed by atoms with Crippen molar-refractivity contribution in [3.8, 4) is 0 Å². The van der Waals surface area contributed by atoms with Crippen LogP contribution in [0.2, 0.25) is 0 Å². The molecule has 2 heteroatoms. The molecule has 0 saturated heterocycles. The van der Waals surface area contributed by atoms with Crippen molar-refractivity contribution in [3.63, 3.8) is 0 Å². The molecule has 0 aliphatic heterocycles. The van der Waals surface area contributed by atoms with Gasteiger partial charge in [-0.2, -0.15) is 0 Å². The summed E-state index contributed by atoms with van der Waals surface area (Å²) in [5, 5.41) is 0. The first-order valence-electron chi connectivity index (χ1n) is 4.57. The van der Waals surface area contributed by atoms with E-state index in [0.29, 0.717) is 0 Å². The van der Waals surface area contributed by atoms with Crippen molar-refractivity contribution in [3.05, 3.63) is 49.1 Å². The lowest BCUT2D eigenvalue weighted by molar-refractivity contribution is 1.05. The van der Waals surface area contributed by atoms with Gasteiger partial charge in [0.25, 0.3) is 0 Å². The van der Waals surface area contributed by atoms with Gasteiger partial charge in [-0.25, -0.2) is 0 Å². The lowest BCUT2D eigenvalue weighted by atomic mass is 9.98. The Bertz CT molecular complexity index is 385. The molecule has 0 saturated carbocycles. The minimum absolute atomic E-state index is 1.18. The molecule has 0 N–H and O–H groups in total. The number of allylic oxidation sites excluding steroid dienone is 4. The summed E-state index contributed by atoms with van der Waals surface area (Å²) in [6, 6.07) is 8.75. The van der Waals surface area contributed by atoms with Crippen molar-refractivity contribution >= 4 is 50.8 Å². The molecule has 0 aromatic heterocycles. The van der Waals surface area contributed by atoms with Gasteiger partial charge in [-0.15, -0.1) is 0 Å². The van der Waals surface area contributed by atoms with Crippen LogP contribution in [0.4, 0.5) is 0 Å². The first-order chi connectivity index (χ1) is 6.75. The van der Waals surface area contributed by atoms with Gasteiger partial charge < -0.3 is 0 Å². The van der Waals surface area contributed by atoms with Crippen molar-refractivity contribution in [2.45, 2.75) is 12.8 Å². The predicted octanol–water partition coefficient (Wildman–Crippen LogP) is 4.79. The van der Waals surface area contributed by atoms with Crippen LogP contribution >= 0.6 is 45.2 Å². The molecule has 1 aromatic rings. The van der Waals surface area contributed by atoms with E-state index in [-0.39, 0.29) is 0 Å². The molecule has 0 bridgehead atoms. The number of benzene rings is 1. The minimum Gasteiger partial charge on any atom is -0.0577 e. The van der Waals surface area contributed by atoms with Gasteiger partial charge in [0, 0.05) is 3.57 Å². The molecule has 0 atom stereocenters. The highest BCUT2D eigenvalue weighted by Crippen LogP contribution is 2.29. The summed E-state index contributed by atoms with van der Waals surface area (Å²) in [5.41, 5.74) is 2.83. The number of halogens is 2. The maximum Gasteiger partial charge on any atom is 0.0130 e. The van der Waals surface area contributed by atoms with Crippen LogP contribution < -0.4 is 0 Å². The molecule has 14 heavy (non-hydrogen) atoms. The fourth-order valence-corrected chi connectivity index (χ4v) is 2.33. The second-order valence-electron chi connectivity index (χ2n) is 3.31. The number of hydrogen-bond donors (Lipinski definition) is 0. The first kappa shape index (κ1) is 10.7. The quantitative estimate of drug-likeness (QED) is 0.587. The number of hydrogen-bond acceptors (Lipinski definition) is 0.